The quantitative estimate of drug-likeness (QED) is 0.0498. The molecule has 5 aromatic rings. The number of hydrogen-bond acceptors (Lipinski definition) is 6. The van der Waals surface area contributed by atoms with E-state index in [0.29, 0.717) is 56.3 Å². The summed E-state index contributed by atoms with van der Waals surface area (Å²) < 4.78 is 13.7. The number of aldehydes is 1. The third kappa shape index (κ3) is 8.55. The summed E-state index contributed by atoms with van der Waals surface area (Å²) in [6, 6.07) is 14.0. The van der Waals surface area contributed by atoms with E-state index in [1.54, 1.807) is 7.11 Å². The lowest BCUT2D eigenvalue weighted by molar-refractivity contribution is -0.109. The maximum atomic E-state index is 12.3. The van der Waals surface area contributed by atoms with E-state index < -0.39 is 0 Å². The Morgan fingerprint density at radius 2 is 1.75 bits per heavy atom. The number of carbonyl (C=O) groups excluding carboxylic acids is 2. The van der Waals surface area contributed by atoms with Crippen LogP contribution in [0.1, 0.15) is 69.5 Å². The second-order valence-corrected chi connectivity index (χ2v) is 14.1. The summed E-state index contributed by atoms with van der Waals surface area (Å²) in [5, 5.41) is 16.4. The average molecular weight is 745 g/mol. The number of aromatic nitrogens is 3. The minimum Gasteiger partial charge on any atom is -0.494 e. The number of anilines is 1. The SMILES string of the molecule is COCCn1c(C=O)cc2cc(C)cc(/C=C(\CCCOc3cc(C)c(Cl)c(C)c3)c3ccc(Cl)c(-c4c(C)n[nH]c4C)c3N[C@H](C)CNC=O)c21. The van der Waals surface area contributed by atoms with E-state index in [-0.39, 0.29) is 6.04 Å². The Balaban J connectivity index is 1.70. The Morgan fingerprint density at radius 1 is 1.00 bits per heavy atom. The molecule has 1 amide bonds. The smallest absolute Gasteiger partial charge is 0.207 e. The Kier molecular flexibility index (Phi) is 12.9. The molecule has 274 valence electrons. The second-order valence-electron chi connectivity index (χ2n) is 13.3. The fourth-order valence-electron chi connectivity index (χ4n) is 6.85. The molecule has 2 heterocycles. The average Bonchev–Trinajstić information content (AvgIpc) is 3.64. The number of hydrogen-bond donors (Lipinski definition) is 3. The molecule has 0 spiro atoms. The Morgan fingerprint density at radius 3 is 2.40 bits per heavy atom. The second kappa shape index (κ2) is 17.3. The van der Waals surface area contributed by atoms with Gasteiger partial charge in [0.15, 0.2) is 6.29 Å². The molecule has 5 rings (SSSR count). The summed E-state index contributed by atoms with van der Waals surface area (Å²) in [6.07, 6.45) is 5.17. The van der Waals surface area contributed by atoms with Crippen LogP contribution in [0.2, 0.25) is 10.0 Å². The third-order valence-corrected chi connectivity index (χ3v) is 10.1. The van der Waals surface area contributed by atoms with Gasteiger partial charge in [0.2, 0.25) is 6.41 Å². The number of amides is 1. The largest absolute Gasteiger partial charge is 0.494 e. The van der Waals surface area contributed by atoms with E-state index in [2.05, 4.69) is 46.0 Å². The summed E-state index contributed by atoms with van der Waals surface area (Å²) >= 11 is 13.5. The van der Waals surface area contributed by atoms with Crippen molar-refractivity contribution in [3.8, 4) is 16.9 Å². The Hall–Kier alpha value is -4.57. The number of benzene rings is 3. The fourth-order valence-corrected chi connectivity index (χ4v) is 7.21. The predicted molar refractivity (Wildman–Crippen MR) is 213 cm³/mol. The molecule has 0 bridgehead atoms. The van der Waals surface area contributed by atoms with Crippen LogP contribution in [-0.2, 0) is 16.1 Å². The Labute approximate surface area is 315 Å². The van der Waals surface area contributed by atoms with E-state index in [0.717, 1.165) is 89.6 Å². The standard InChI is InChI=1S/C41H47Cl2N5O4/c1-24-15-31(41-32(16-24)20-33(22-49)48(41)12-14-51-7)19-30(9-8-13-52-34-17-25(2)39(43)26(3)18-34)35-10-11-36(42)38(37-28(5)46-47-29(37)6)40(35)45-27(4)21-44-23-50/h10-11,15-20,22-23,27,45H,8-9,12-14,21H2,1-7H3,(H,44,50)(H,46,47)/b30-19+/t27-/m1/s1. The molecule has 2 aromatic heterocycles. The molecule has 0 aliphatic rings. The van der Waals surface area contributed by atoms with Crippen molar-refractivity contribution in [2.24, 2.45) is 0 Å². The van der Waals surface area contributed by atoms with Crippen LogP contribution in [0.3, 0.4) is 0 Å². The molecule has 3 N–H and O–H groups in total. The molecule has 0 radical (unpaired) electrons. The molecule has 0 unspecified atom stereocenters. The number of aromatic amines is 1. The summed E-state index contributed by atoms with van der Waals surface area (Å²) in [4.78, 5) is 23.5. The first-order valence-electron chi connectivity index (χ1n) is 17.4. The number of H-pyrrole nitrogens is 1. The van der Waals surface area contributed by atoms with Crippen molar-refractivity contribution in [1.82, 2.24) is 20.1 Å². The molecule has 0 aliphatic carbocycles. The number of nitrogens with zero attached hydrogens (tertiary/aromatic N) is 2. The van der Waals surface area contributed by atoms with Crippen molar-refractivity contribution in [3.05, 3.63) is 97.4 Å². The lowest BCUT2D eigenvalue weighted by atomic mass is 9.91. The third-order valence-electron chi connectivity index (χ3n) is 9.21. The normalized spacial score (nSPS) is 12.3. The van der Waals surface area contributed by atoms with Crippen LogP contribution in [0.5, 0.6) is 5.75 Å². The van der Waals surface area contributed by atoms with Crippen molar-refractivity contribution in [3.63, 3.8) is 0 Å². The number of rotatable bonds is 17. The molecule has 52 heavy (non-hydrogen) atoms. The van der Waals surface area contributed by atoms with Gasteiger partial charge in [-0.15, -0.1) is 0 Å². The van der Waals surface area contributed by atoms with Crippen molar-refractivity contribution in [2.75, 3.05) is 32.2 Å². The number of aryl methyl sites for hydroxylation is 5. The van der Waals surface area contributed by atoms with Gasteiger partial charge < -0.3 is 24.7 Å². The molecule has 1 atom stereocenters. The van der Waals surface area contributed by atoms with Gasteiger partial charge >= 0.3 is 0 Å². The Bertz CT molecular complexity index is 2070. The van der Waals surface area contributed by atoms with Crippen molar-refractivity contribution >= 4 is 64.1 Å². The highest BCUT2D eigenvalue weighted by Crippen LogP contribution is 2.44. The highest BCUT2D eigenvalue weighted by molar-refractivity contribution is 6.34. The van der Waals surface area contributed by atoms with Crippen LogP contribution in [0.25, 0.3) is 33.7 Å². The van der Waals surface area contributed by atoms with Gasteiger partial charge in [-0.1, -0.05) is 29.3 Å². The number of fused-ring (bicyclic) bond motifs is 1. The summed E-state index contributed by atoms with van der Waals surface area (Å²) in [5.74, 6) is 0.779. The molecule has 0 saturated heterocycles. The van der Waals surface area contributed by atoms with E-state index in [9.17, 15) is 9.59 Å². The monoisotopic (exact) mass is 743 g/mol. The number of nitrogens with one attached hydrogen (secondary N) is 3. The molecule has 0 fully saturated rings. The highest BCUT2D eigenvalue weighted by atomic mass is 35.5. The van der Waals surface area contributed by atoms with Crippen LogP contribution in [0, 0.1) is 34.6 Å². The molecule has 0 saturated carbocycles. The first kappa shape index (κ1) is 38.7. The minimum atomic E-state index is -0.137. The zero-order valence-electron chi connectivity index (χ0n) is 30.9. The zero-order chi connectivity index (χ0) is 37.5. The van der Waals surface area contributed by atoms with Crippen LogP contribution in [-0.4, -0.2) is 60.4 Å². The topological polar surface area (TPSA) is 110 Å². The predicted octanol–water partition coefficient (Wildman–Crippen LogP) is 9.29. The number of methoxy groups -OCH3 is 1. The van der Waals surface area contributed by atoms with E-state index in [1.165, 1.54) is 0 Å². The molecule has 11 heteroatoms. The maximum absolute atomic E-state index is 12.3. The maximum Gasteiger partial charge on any atom is 0.207 e. The van der Waals surface area contributed by atoms with Crippen molar-refractivity contribution in [1.29, 1.82) is 0 Å². The summed E-state index contributed by atoms with van der Waals surface area (Å²) in [7, 11) is 1.66. The van der Waals surface area contributed by atoms with Gasteiger partial charge in [0.1, 0.15) is 5.75 Å². The molecule has 9 nitrogen and oxygen atoms in total. The first-order chi connectivity index (χ1) is 25.0. The van der Waals surface area contributed by atoms with Crippen molar-refractivity contribution < 1.29 is 19.1 Å². The lowest BCUT2D eigenvalue weighted by Crippen LogP contribution is -2.30. The summed E-state index contributed by atoms with van der Waals surface area (Å²) in [6.45, 7) is 13.8. The van der Waals surface area contributed by atoms with Crippen LogP contribution < -0.4 is 15.4 Å². The number of ether oxygens (including phenoxy) is 2. The molecule has 0 aliphatic heterocycles. The molecule has 3 aromatic carbocycles. The summed E-state index contributed by atoms with van der Waals surface area (Å²) in [5.41, 5.74) is 11.8. The molecular formula is C41H47Cl2N5O4. The van der Waals surface area contributed by atoms with Crippen LogP contribution in [0.4, 0.5) is 5.69 Å². The van der Waals surface area contributed by atoms with Gasteiger partial charge in [-0.05, 0) is 125 Å². The number of carbonyl (C=O) groups is 2. The highest BCUT2D eigenvalue weighted by Gasteiger charge is 2.23. The van der Waals surface area contributed by atoms with Gasteiger partial charge in [-0.25, -0.2) is 0 Å². The zero-order valence-corrected chi connectivity index (χ0v) is 32.4. The van der Waals surface area contributed by atoms with Crippen molar-refractivity contribution in [2.45, 2.75) is 67.0 Å². The van der Waals surface area contributed by atoms with Gasteiger partial charge in [0, 0.05) is 59.0 Å². The lowest BCUT2D eigenvalue weighted by Gasteiger charge is -2.24. The van der Waals surface area contributed by atoms with Crippen LogP contribution in [0.15, 0.2) is 42.5 Å². The van der Waals surface area contributed by atoms with E-state index in [4.69, 9.17) is 32.7 Å². The number of halogens is 2. The molecular weight excluding hydrogens is 697 g/mol. The van der Waals surface area contributed by atoms with Crippen LogP contribution >= 0.6 is 23.2 Å². The van der Waals surface area contributed by atoms with Gasteiger partial charge in [0.05, 0.1) is 40.8 Å². The first-order valence-corrected chi connectivity index (χ1v) is 18.2. The van der Waals surface area contributed by atoms with E-state index >= 15 is 0 Å². The van der Waals surface area contributed by atoms with Gasteiger partial charge in [-0.3, -0.25) is 14.7 Å². The number of allylic oxidation sites excluding steroid dienone is 1. The van der Waals surface area contributed by atoms with Gasteiger partial charge in [-0.2, -0.15) is 5.10 Å². The van der Waals surface area contributed by atoms with E-state index in [1.807, 2.05) is 69.5 Å². The fraction of sp³-hybridized carbons (Fsp3) is 0.341. The van der Waals surface area contributed by atoms with Gasteiger partial charge in [0.25, 0.3) is 0 Å². The minimum absolute atomic E-state index is 0.137.